The number of aliphatic hydroxyl groups excluding tert-OH is 1. The zero-order valence-electron chi connectivity index (χ0n) is 16.3. The maximum Gasteiger partial charge on any atom is 0.242 e. The molecule has 0 bridgehead atoms. The van der Waals surface area contributed by atoms with E-state index in [9.17, 15) is 14.7 Å². The Hall–Kier alpha value is -1.14. The molecule has 2 saturated heterocycles. The number of amides is 2. The Morgan fingerprint density at radius 3 is 2.36 bits per heavy atom. The number of hydrogen-bond acceptors (Lipinski definition) is 4. The summed E-state index contributed by atoms with van der Waals surface area (Å²) in [5.74, 6) is 0.712. The molecule has 2 aliphatic rings. The number of nitrogens with zero attached hydrogens (tertiary/aromatic N) is 3. The molecule has 0 aromatic heterocycles. The van der Waals surface area contributed by atoms with Crippen LogP contribution in [0.25, 0.3) is 0 Å². The van der Waals surface area contributed by atoms with Gasteiger partial charge in [0, 0.05) is 32.1 Å². The molecule has 1 unspecified atom stereocenters. The van der Waals surface area contributed by atoms with Gasteiger partial charge in [-0.2, -0.15) is 0 Å². The summed E-state index contributed by atoms with van der Waals surface area (Å²) in [5.41, 5.74) is 0. The Morgan fingerprint density at radius 2 is 1.80 bits per heavy atom. The fraction of sp³-hybridized carbons (Fsp3) is 0.895. The second-order valence-corrected chi connectivity index (χ2v) is 8.40. The van der Waals surface area contributed by atoms with E-state index in [1.54, 1.807) is 9.80 Å². The van der Waals surface area contributed by atoms with Crippen LogP contribution in [-0.4, -0.2) is 83.0 Å². The minimum atomic E-state index is -0.656. The van der Waals surface area contributed by atoms with Crippen molar-refractivity contribution in [2.45, 2.75) is 59.1 Å². The van der Waals surface area contributed by atoms with Gasteiger partial charge in [0.15, 0.2) is 0 Å². The van der Waals surface area contributed by atoms with Gasteiger partial charge in [-0.3, -0.25) is 9.59 Å². The maximum atomic E-state index is 12.7. The van der Waals surface area contributed by atoms with Crippen molar-refractivity contribution in [2.24, 2.45) is 11.8 Å². The monoisotopic (exact) mass is 353 g/mol. The molecule has 2 aliphatic heterocycles. The molecule has 2 rings (SSSR count). The second-order valence-electron chi connectivity index (χ2n) is 8.40. The number of piperidine rings is 1. The molecule has 0 aliphatic carbocycles. The summed E-state index contributed by atoms with van der Waals surface area (Å²) in [6.07, 6.45) is 1.91. The molecule has 2 heterocycles. The van der Waals surface area contributed by atoms with Crippen LogP contribution >= 0.6 is 0 Å². The number of rotatable bonds is 5. The standard InChI is InChI=1S/C19H35N3O3/c1-14(2)10-21-11-17(23)12-22(13-19(21)25)18(24)9-16-5-7-20(8-6-16)15(3)4/h14-17,23H,5-13H2,1-4H3. The summed E-state index contributed by atoms with van der Waals surface area (Å²) in [6, 6.07) is 0.557. The summed E-state index contributed by atoms with van der Waals surface area (Å²) < 4.78 is 0. The molecular formula is C19H35N3O3. The smallest absolute Gasteiger partial charge is 0.242 e. The number of likely N-dealkylation sites (tertiary alicyclic amines) is 1. The van der Waals surface area contributed by atoms with Crippen LogP contribution in [0, 0.1) is 11.8 Å². The molecule has 6 nitrogen and oxygen atoms in total. The first-order valence-electron chi connectivity index (χ1n) is 9.74. The van der Waals surface area contributed by atoms with Crippen molar-refractivity contribution in [3.05, 3.63) is 0 Å². The highest BCUT2D eigenvalue weighted by Gasteiger charge is 2.31. The van der Waals surface area contributed by atoms with Crippen LogP contribution in [0.3, 0.4) is 0 Å². The zero-order chi connectivity index (χ0) is 18.6. The third-order valence-corrected chi connectivity index (χ3v) is 5.32. The molecule has 1 N–H and O–H groups in total. The SMILES string of the molecule is CC(C)CN1CC(O)CN(C(=O)CC2CCN(C(C)C)CC2)CC1=O. The van der Waals surface area contributed by atoms with E-state index < -0.39 is 6.10 Å². The lowest BCUT2D eigenvalue weighted by molar-refractivity contribution is -0.139. The van der Waals surface area contributed by atoms with Gasteiger partial charge < -0.3 is 19.8 Å². The van der Waals surface area contributed by atoms with Crippen LogP contribution in [-0.2, 0) is 9.59 Å². The second kappa shape index (κ2) is 8.99. The summed E-state index contributed by atoms with van der Waals surface area (Å²) in [4.78, 5) is 30.8. The van der Waals surface area contributed by atoms with Crippen LogP contribution < -0.4 is 0 Å². The fourth-order valence-corrected chi connectivity index (χ4v) is 3.85. The molecule has 0 radical (unpaired) electrons. The summed E-state index contributed by atoms with van der Waals surface area (Å²) in [5, 5.41) is 10.2. The van der Waals surface area contributed by atoms with E-state index in [4.69, 9.17) is 0 Å². The Balaban J connectivity index is 1.88. The summed E-state index contributed by atoms with van der Waals surface area (Å²) in [7, 11) is 0. The van der Waals surface area contributed by atoms with Gasteiger partial charge in [-0.15, -0.1) is 0 Å². The number of β-amino-alcohol motifs (C(OH)–C–C–N with tert-alkyl or cyclic N) is 1. The van der Waals surface area contributed by atoms with Gasteiger partial charge in [-0.05, 0) is 51.6 Å². The third-order valence-electron chi connectivity index (χ3n) is 5.32. The average Bonchev–Trinajstić information content (AvgIpc) is 2.66. The van der Waals surface area contributed by atoms with Crippen molar-refractivity contribution in [2.75, 3.05) is 39.3 Å². The van der Waals surface area contributed by atoms with Gasteiger partial charge in [-0.1, -0.05) is 13.8 Å². The number of carbonyl (C=O) groups is 2. The van der Waals surface area contributed by atoms with E-state index in [1.807, 2.05) is 0 Å². The van der Waals surface area contributed by atoms with Crippen molar-refractivity contribution in [3.8, 4) is 0 Å². The molecule has 0 aromatic rings. The highest BCUT2D eigenvalue weighted by atomic mass is 16.3. The Bertz CT molecular complexity index is 459. The van der Waals surface area contributed by atoms with Gasteiger partial charge in [0.1, 0.15) is 0 Å². The molecule has 144 valence electrons. The number of carbonyl (C=O) groups excluding carboxylic acids is 2. The summed E-state index contributed by atoms with van der Waals surface area (Å²) in [6.45, 7) is 11.9. The Kier molecular flexibility index (Phi) is 7.25. The predicted molar refractivity (Wildman–Crippen MR) is 98.1 cm³/mol. The topological polar surface area (TPSA) is 64.1 Å². The van der Waals surface area contributed by atoms with E-state index in [2.05, 4.69) is 32.6 Å². The predicted octanol–water partition coefficient (Wildman–Crippen LogP) is 1.18. The molecule has 6 heteroatoms. The molecule has 0 aromatic carbocycles. The van der Waals surface area contributed by atoms with Gasteiger partial charge in [-0.25, -0.2) is 0 Å². The Labute approximate surface area is 152 Å². The Morgan fingerprint density at radius 1 is 1.16 bits per heavy atom. The quantitative estimate of drug-likeness (QED) is 0.806. The van der Waals surface area contributed by atoms with Gasteiger partial charge in [0.05, 0.1) is 12.6 Å². The lowest BCUT2D eigenvalue weighted by Crippen LogP contribution is -2.42. The number of aliphatic hydroxyl groups is 1. The van der Waals surface area contributed by atoms with E-state index in [0.717, 1.165) is 25.9 Å². The van der Waals surface area contributed by atoms with E-state index in [-0.39, 0.29) is 24.9 Å². The van der Waals surface area contributed by atoms with Crippen LogP contribution in [0.4, 0.5) is 0 Å². The van der Waals surface area contributed by atoms with Crippen molar-refractivity contribution in [3.63, 3.8) is 0 Å². The first-order chi connectivity index (χ1) is 11.8. The van der Waals surface area contributed by atoms with Crippen LogP contribution in [0.2, 0.25) is 0 Å². The molecule has 25 heavy (non-hydrogen) atoms. The lowest BCUT2D eigenvalue weighted by atomic mass is 9.92. The van der Waals surface area contributed by atoms with Crippen LogP contribution in [0.5, 0.6) is 0 Å². The molecule has 1 atom stereocenters. The lowest BCUT2D eigenvalue weighted by Gasteiger charge is -2.35. The minimum Gasteiger partial charge on any atom is -0.389 e. The highest BCUT2D eigenvalue weighted by Crippen LogP contribution is 2.23. The highest BCUT2D eigenvalue weighted by molar-refractivity contribution is 5.85. The number of hydrogen-bond donors (Lipinski definition) is 1. The maximum absolute atomic E-state index is 12.7. The van der Waals surface area contributed by atoms with E-state index >= 15 is 0 Å². The first-order valence-corrected chi connectivity index (χ1v) is 9.74. The largest absolute Gasteiger partial charge is 0.389 e. The van der Waals surface area contributed by atoms with Gasteiger partial charge >= 0.3 is 0 Å². The zero-order valence-corrected chi connectivity index (χ0v) is 16.3. The third kappa shape index (κ3) is 5.96. The molecule has 2 fully saturated rings. The van der Waals surface area contributed by atoms with E-state index in [1.165, 1.54) is 0 Å². The normalized spacial score (nSPS) is 24.3. The fourth-order valence-electron chi connectivity index (χ4n) is 3.85. The first kappa shape index (κ1) is 20.2. The van der Waals surface area contributed by atoms with Crippen LogP contribution in [0.15, 0.2) is 0 Å². The molecule has 0 saturated carbocycles. The van der Waals surface area contributed by atoms with Crippen molar-refractivity contribution < 1.29 is 14.7 Å². The van der Waals surface area contributed by atoms with Gasteiger partial charge in [0.25, 0.3) is 0 Å². The average molecular weight is 354 g/mol. The van der Waals surface area contributed by atoms with Crippen molar-refractivity contribution in [1.29, 1.82) is 0 Å². The molecule has 0 spiro atoms. The minimum absolute atomic E-state index is 0.0155. The van der Waals surface area contributed by atoms with Crippen molar-refractivity contribution in [1.82, 2.24) is 14.7 Å². The van der Waals surface area contributed by atoms with E-state index in [0.29, 0.717) is 37.4 Å². The van der Waals surface area contributed by atoms with Crippen LogP contribution in [0.1, 0.15) is 47.0 Å². The van der Waals surface area contributed by atoms with Crippen molar-refractivity contribution >= 4 is 11.8 Å². The summed E-state index contributed by atoms with van der Waals surface area (Å²) >= 11 is 0. The molecule has 2 amide bonds. The molecular weight excluding hydrogens is 318 g/mol. The van der Waals surface area contributed by atoms with Gasteiger partial charge in [0.2, 0.25) is 11.8 Å².